The van der Waals surface area contributed by atoms with Crippen molar-refractivity contribution < 1.29 is 13.2 Å². The Morgan fingerprint density at radius 1 is 1.21 bits per heavy atom. The monoisotopic (exact) mass is 390 g/mol. The number of nitrogens with one attached hydrogen (secondary N) is 2. The van der Waals surface area contributed by atoms with E-state index in [9.17, 15) is 13.2 Å². The fraction of sp³-hybridized carbons (Fsp3) is 0.429. The SMILES string of the molecule is CC[C@H]1CC(NC(C)c2cc(F)c(-c3cc(C(C)(C)F)ncn3)cc2F)=CN1. The van der Waals surface area contributed by atoms with Crippen molar-refractivity contribution in [1.29, 1.82) is 0 Å². The Morgan fingerprint density at radius 3 is 2.61 bits per heavy atom. The molecule has 0 spiro atoms. The maximum Gasteiger partial charge on any atom is 0.147 e. The van der Waals surface area contributed by atoms with Gasteiger partial charge in [0.15, 0.2) is 0 Å². The molecule has 3 rings (SSSR count). The molecular weight excluding hydrogens is 365 g/mol. The van der Waals surface area contributed by atoms with Gasteiger partial charge >= 0.3 is 0 Å². The van der Waals surface area contributed by atoms with Gasteiger partial charge in [0.05, 0.1) is 17.4 Å². The molecule has 4 nitrogen and oxygen atoms in total. The van der Waals surface area contributed by atoms with Gasteiger partial charge < -0.3 is 10.6 Å². The van der Waals surface area contributed by atoms with E-state index >= 15 is 0 Å². The molecule has 0 radical (unpaired) electrons. The van der Waals surface area contributed by atoms with Crippen LogP contribution in [0.2, 0.25) is 0 Å². The second-order valence-corrected chi connectivity index (χ2v) is 7.63. The van der Waals surface area contributed by atoms with Crippen molar-refractivity contribution in [3.8, 4) is 11.3 Å². The summed E-state index contributed by atoms with van der Waals surface area (Å²) in [7, 11) is 0. The van der Waals surface area contributed by atoms with Crippen molar-refractivity contribution in [1.82, 2.24) is 20.6 Å². The zero-order chi connectivity index (χ0) is 20.5. The van der Waals surface area contributed by atoms with Crippen LogP contribution in [-0.4, -0.2) is 16.0 Å². The maximum atomic E-state index is 14.8. The van der Waals surface area contributed by atoms with E-state index < -0.39 is 23.3 Å². The fourth-order valence-electron chi connectivity index (χ4n) is 3.24. The Bertz CT molecular complexity index is 890. The van der Waals surface area contributed by atoms with E-state index in [1.807, 2.05) is 6.20 Å². The van der Waals surface area contributed by atoms with E-state index in [1.165, 1.54) is 26.0 Å². The number of nitrogens with zero attached hydrogens (tertiary/aromatic N) is 2. The molecule has 1 aliphatic rings. The van der Waals surface area contributed by atoms with E-state index in [0.717, 1.165) is 30.9 Å². The van der Waals surface area contributed by atoms with Crippen molar-refractivity contribution in [2.75, 3.05) is 0 Å². The zero-order valence-corrected chi connectivity index (χ0v) is 16.5. The average Bonchev–Trinajstić information content (AvgIpc) is 3.10. The summed E-state index contributed by atoms with van der Waals surface area (Å²) in [4.78, 5) is 7.86. The fourth-order valence-corrected chi connectivity index (χ4v) is 3.24. The van der Waals surface area contributed by atoms with E-state index in [4.69, 9.17) is 0 Å². The third-order valence-electron chi connectivity index (χ3n) is 4.96. The minimum Gasteiger partial charge on any atom is -0.386 e. The van der Waals surface area contributed by atoms with Crippen LogP contribution in [0.4, 0.5) is 13.2 Å². The molecule has 2 heterocycles. The van der Waals surface area contributed by atoms with Crippen molar-refractivity contribution in [2.45, 2.75) is 58.3 Å². The summed E-state index contributed by atoms with van der Waals surface area (Å²) >= 11 is 0. The summed E-state index contributed by atoms with van der Waals surface area (Å²) in [6, 6.07) is 3.59. The van der Waals surface area contributed by atoms with Crippen molar-refractivity contribution in [3.63, 3.8) is 0 Å². The lowest BCUT2D eigenvalue weighted by Crippen LogP contribution is -2.20. The second kappa shape index (κ2) is 7.81. The number of benzene rings is 1. The van der Waals surface area contributed by atoms with Crippen LogP contribution in [0.25, 0.3) is 11.3 Å². The summed E-state index contributed by atoms with van der Waals surface area (Å²) in [6.07, 6.45) is 4.86. The Hall–Kier alpha value is -2.57. The van der Waals surface area contributed by atoms with Gasteiger partial charge in [0, 0.05) is 35.5 Å². The summed E-state index contributed by atoms with van der Waals surface area (Å²) < 4.78 is 43.7. The predicted octanol–water partition coefficient (Wildman–Crippen LogP) is 4.89. The van der Waals surface area contributed by atoms with E-state index in [1.54, 1.807) is 6.92 Å². The first-order valence-electron chi connectivity index (χ1n) is 9.41. The van der Waals surface area contributed by atoms with Crippen LogP contribution < -0.4 is 10.6 Å². The lowest BCUT2D eigenvalue weighted by Gasteiger charge is -2.19. The van der Waals surface area contributed by atoms with Gasteiger partial charge in [0.1, 0.15) is 23.6 Å². The standard InChI is InChI=1S/C21H25F3N4/c1-5-13-6-14(10-25-13)28-12(2)15-7-18(23)16(8-17(15)22)19-9-20(21(3,4)24)27-11-26-19/h7-13,25,28H,5-6H2,1-4H3/t12?,13-/m0/s1. The van der Waals surface area contributed by atoms with Crippen molar-refractivity contribution in [3.05, 3.63) is 59.3 Å². The Labute approximate surface area is 163 Å². The molecule has 1 aromatic carbocycles. The van der Waals surface area contributed by atoms with Crippen LogP contribution in [-0.2, 0) is 5.67 Å². The van der Waals surface area contributed by atoms with Gasteiger partial charge in [-0.3, -0.25) is 0 Å². The molecule has 2 atom stereocenters. The maximum absolute atomic E-state index is 14.8. The number of alkyl halides is 1. The van der Waals surface area contributed by atoms with Crippen LogP contribution in [0.1, 0.15) is 57.8 Å². The minimum absolute atomic E-state index is 0.0193. The molecule has 0 amide bonds. The van der Waals surface area contributed by atoms with E-state index in [2.05, 4.69) is 27.5 Å². The van der Waals surface area contributed by atoms with Gasteiger partial charge in [0.25, 0.3) is 0 Å². The van der Waals surface area contributed by atoms with Crippen LogP contribution in [0, 0.1) is 11.6 Å². The molecular formula is C21H25F3N4. The molecule has 0 bridgehead atoms. The highest BCUT2D eigenvalue weighted by atomic mass is 19.1. The highest BCUT2D eigenvalue weighted by Crippen LogP contribution is 2.30. The Morgan fingerprint density at radius 2 is 1.96 bits per heavy atom. The molecule has 0 aliphatic carbocycles. The molecule has 2 aromatic rings. The number of rotatable bonds is 6. The van der Waals surface area contributed by atoms with Gasteiger partial charge in [-0.25, -0.2) is 23.1 Å². The number of hydrogen-bond donors (Lipinski definition) is 2. The highest BCUT2D eigenvalue weighted by Gasteiger charge is 2.23. The lowest BCUT2D eigenvalue weighted by molar-refractivity contribution is 0.214. The molecule has 7 heteroatoms. The van der Waals surface area contributed by atoms with Gasteiger partial charge in [-0.05, 0) is 45.4 Å². The first kappa shape index (κ1) is 20.2. The van der Waals surface area contributed by atoms with Gasteiger partial charge in [-0.2, -0.15) is 0 Å². The second-order valence-electron chi connectivity index (χ2n) is 7.63. The highest BCUT2D eigenvalue weighted by molar-refractivity contribution is 5.61. The number of aromatic nitrogens is 2. The average molecular weight is 390 g/mol. The Balaban J connectivity index is 1.85. The largest absolute Gasteiger partial charge is 0.386 e. The molecule has 28 heavy (non-hydrogen) atoms. The van der Waals surface area contributed by atoms with Gasteiger partial charge in [0.2, 0.25) is 0 Å². The van der Waals surface area contributed by atoms with Crippen LogP contribution >= 0.6 is 0 Å². The number of halogens is 3. The van der Waals surface area contributed by atoms with E-state index in [-0.39, 0.29) is 22.5 Å². The smallest absolute Gasteiger partial charge is 0.147 e. The van der Waals surface area contributed by atoms with Crippen LogP contribution in [0.3, 0.4) is 0 Å². The molecule has 0 saturated carbocycles. The first-order chi connectivity index (χ1) is 13.2. The summed E-state index contributed by atoms with van der Waals surface area (Å²) in [5, 5.41) is 6.48. The van der Waals surface area contributed by atoms with Crippen LogP contribution in [0.5, 0.6) is 0 Å². The lowest BCUT2D eigenvalue weighted by atomic mass is 10.00. The predicted molar refractivity (Wildman–Crippen MR) is 103 cm³/mol. The summed E-state index contributed by atoms with van der Waals surface area (Å²) in [5.41, 5.74) is -0.273. The quantitative estimate of drug-likeness (QED) is 0.737. The number of hydrogen-bond acceptors (Lipinski definition) is 4. The van der Waals surface area contributed by atoms with E-state index in [0.29, 0.717) is 6.04 Å². The van der Waals surface area contributed by atoms with Gasteiger partial charge in [-0.15, -0.1) is 0 Å². The normalized spacial score (nSPS) is 17.8. The molecule has 1 aromatic heterocycles. The third-order valence-corrected chi connectivity index (χ3v) is 4.96. The summed E-state index contributed by atoms with van der Waals surface area (Å²) in [6.45, 7) is 6.57. The first-order valence-corrected chi connectivity index (χ1v) is 9.41. The third kappa shape index (κ3) is 4.29. The zero-order valence-electron chi connectivity index (χ0n) is 16.5. The molecule has 0 saturated heterocycles. The summed E-state index contributed by atoms with van der Waals surface area (Å²) in [5.74, 6) is -1.16. The molecule has 2 N–H and O–H groups in total. The topological polar surface area (TPSA) is 49.8 Å². The molecule has 150 valence electrons. The van der Waals surface area contributed by atoms with Crippen LogP contribution in [0.15, 0.2) is 36.4 Å². The molecule has 1 aliphatic heterocycles. The van der Waals surface area contributed by atoms with Gasteiger partial charge in [-0.1, -0.05) is 6.92 Å². The van der Waals surface area contributed by atoms with Crippen molar-refractivity contribution in [2.24, 2.45) is 0 Å². The minimum atomic E-state index is -1.70. The molecule has 0 fully saturated rings. The molecule has 1 unspecified atom stereocenters. The Kier molecular flexibility index (Phi) is 5.63. The van der Waals surface area contributed by atoms with Crippen molar-refractivity contribution >= 4 is 0 Å².